The van der Waals surface area contributed by atoms with E-state index in [0.717, 1.165) is 12.8 Å². The molecule has 0 bridgehead atoms. The van der Waals surface area contributed by atoms with Gasteiger partial charge in [-0.25, -0.2) is 5.01 Å². The Morgan fingerprint density at radius 2 is 1.79 bits per heavy atom. The highest BCUT2D eigenvalue weighted by molar-refractivity contribution is 7.14. The quantitative estimate of drug-likeness (QED) is 0.716. The summed E-state index contributed by atoms with van der Waals surface area (Å²) in [6.07, 6.45) is 2.30. The van der Waals surface area contributed by atoms with Gasteiger partial charge in [-0.05, 0) is 48.6 Å². The van der Waals surface area contributed by atoms with Crippen LogP contribution in [0.4, 0.5) is 10.7 Å². The molecule has 1 aliphatic carbocycles. The molecular weight excluding hydrogens is 380 g/mol. The summed E-state index contributed by atoms with van der Waals surface area (Å²) >= 11 is 1.28. The van der Waals surface area contributed by atoms with Gasteiger partial charge < -0.3 is 10.6 Å². The van der Waals surface area contributed by atoms with Gasteiger partial charge in [0.25, 0.3) is 11.8 Å². The fraction of sp³-hybridized carbons (Fsp3) is 0.263. The first-order chi connectivity index (χ1) is 13.5. The van der Waals surface area contributed by atoms with Crippen LogP contribution in [0, 0.1) is 0 Å². The lowest BCUT2D eigenvalue weighted by Crippen LogP contribution is -2.50. The summed E-state index contributed by atoms with van der Waals surface area (Å²) in [5, 5.41) is 9.10. The highest BCUT2D eigenvalue weighted by atomic mass is 32.1. The number of nitrogens with one attached hydrogen (secondary N) is 3. The molecule has 0 atom stereocenters. The number of hydrogen-bond acceptors (Lipinski definition) is 5. The molecule has 1 aliphatic heterocycles. The molecule has 2 aliphatic rings. The molecule has 28 heavy (non-hydrogen) atoms. The first kappa shape index (κ1) is 18.2. The second-order valence-electron chi connectivity index (χ2n) is 6.68. The van der Waals surface area contributed by atoms with Crippen molar-refractivity contribution in [1.29, 1.82) is 0 Å². The van der Waals surface area contributed by atoms with E-state index in [1.807, 2.05) is 0 Å². The largest absolute Gasteiger partial charge is 0.349 e. The number of nitrogens with zero attached hydrogens (tertiary/aromatic N) is 1. The van der Waals surface area contributed by atoms with E-state index in [2.05, 4.69) is 16.1 Å². The molecule has 2 heterocycles. The molecule has 0 radical (unpaired) electrons. The summed E-state index contributed by atoms with van der Waals surface area (Å²) in [7, 11) is 0. The molecule has 1 aromatic heterocycles. The van der Waals surface area contributed by atoms with E-state index >= 15 is 0 Å². The van der Waals surface area contributed by atoms with Gasteiger partial charge in [-0.15, -0.1) is 11.3 Å². The normalized spacial score (nSPS) is 16.5. The van der Waals surface area contributed by atoms with Gasteiger partial charge in [0.05, 0.1) is 11.3 Å². The Bertz CT molecular complexity index is 949. The second kappa shape index (κ2) is 7.43. The van der Waals surface area contributed by atoms with Gasteiger partial charge in [0.2, 0.25) is 11.8 Å². The predicted molar refractivity (Wildman–Crippen MR) is 104 cm³/mol. The predicted octanol–water partition coefficient (Wildman–Crippen LogP) is 2.05. The third kappa shape index (κ3) is 3.89. The van der Waals surface area contributed by atoms with Crippen LogP contribution in [-0.2, 0) is 9.59 Å². The molecule has 4 amide bonds. The number of rotatable bonds is 5. The van der Waals surface area contributed by atoms with Crippen LogP contribution in [0.2, 0.25) is 0 Å². The van der Waals surface area contributed by atoms with Crippen molar-refractivity contribution in [3.8, 4) is 0 Å². The molecule has 0 unspecified atom stereocenters. The van der Waals surface area contributed by atoms with Crippen LogP contribution >= 0.6 is 11.3 Å². The zero-order valence-corrected chi connectivity index (χ0v) is 15.7. The first-order valence-corrected chi connectivity index (χ1v) is 9.81. The van der Waals surface area contributed by atoms with Crippen LogP contribution in [0.5, 0.6) is 0 Å². The maximum absolute atomic E-state index is 12.5. The lowest BCUT2D eigenvalue weighted by atomic mass is 10.1. The average molecular weight is 398 g/mol. The zero-order chi connectivity index (χ0) is 19.7. The van der Waals surface area contributed by atoms with E-state index in [1.165, 1.54) is 16.3 Å². The number of benzene rings is 1. The lowest BCUT2D eigenvalue weighted by molar-refractivity contribution is -0.130. The van der Waals surface area contributed by atoms with Gasteiger partial charge in [-0.2, -0.15) is 0 Å². The van der Waals surface area contributed by atoms with E-state index in [-0.39, 0.29) is 42.5 Å². The van der Waals surface area contributed by atoms with Crippen LogP contribution in [0.1, 0.15) is 46.4 Å². The van der Waals surface area contributed by atoms with E-state index in [0.29, 0.717) is 21.8 Å². The molecule has 0 spiro atoms. The maximum Gasteiger partial charge on any atom is 0.256 e. The molecule has 3 N–H and O–H groups in total. The molecule has 2 aromatic rings. The molecule has 144 valence electrons. The monoisotopic (exact) mass is 398 g/mol. The standard InChI is InChI=1S/C19H18N4O4S/c24-15-7-8-16(25)23(22-15)13-5-1-11(2-6-13)17(26)21-19-14(9-10-28-19)18(27)20-12-3-4-12/h1-2,5-6,9-10,12H,3-4,7-8H2,(H,20,27)(H,21,26)(H,22,24). The Hall–Kier alpha value is -3.20. The van der Waals surface area contributed by atoms with Crippen molar-refractivity contribution in [3.05, 3.63) is 46.8 Å². The van der Waals surface area contributed by atoms with Crippen LogP contribution in [0.3, 0.4) is 0 Å². The van der Waals surface area contributed by atoms with Crippen molar-refractivity contribution in [1.82, 2.24) is 10.7 Å². The Balaban J connectivity index is 1.44. The maximum atomic E-state index is 12.5. The first-order valence-electron chi connectivity index (χ1n) is 8.93. The van der Waals surface area contributed by atoms with Crippen molar-refractivity contribution in [3.63, 3.8) is 0 Å². The summed E-state index contributed by atoms with van der Waals surface area (Å²) in [4.78, 5) is 48.2. The topological polar surface area (TPSA) is 108 Å². The summed E-state index contributed by atoms with van der Waals surface area (Å²) < 4.78 is 0. The number of carbonyl (C=O) groups excluding carboxylic acids is 4. The Morgan fingerprint density at radius 3 is 2.50 bits per heavy atom. The fourth-order valence-electron chi connectivity index (χ4n) is 2.80. The van der Waals surface area contributed by atoms with Crippen LogP contribution in [0.15, 0.2) is 35.7 Å². The molecular formula is C19H18N4O4S. The van der Waals surface area contributed by atoms with Crippen molar-refractivity contribution >= 4 is 45.7 Å². The van der Waals surface area contributed by atoms with Gasteiger partial charge in [0.1, 0.15) is 5.00 Å². The van der Waals surface area contributed by atoms with Crippen molar-refractivity contribution in [2.24, 2.45) is 0 Å². The number of carbonyl (C=O) groups is 4. The highest BCUT2D eigenvalue weighted by Crippen LogP contribution is 2.26. The van der Waals surface area contributed by atoms with E-state index < -0.39 is 0 Å². The Kier molecular flexibility index (Phi) is 4.82. The van der Waals surface area contributed by atoms with Crippen LogP contribution < -0.4 is 21.1 Å². The van der Waals surface area contributed by atoms with E-state index in [1.54, 1.807) is 35.7 Å². The zero-order valence-electron chi connectivity index (χ0n) is 14.9. The van der Waals surface area contributed by atoms with Gasteiger partial charge >= 0.3 is 0 Å². The number of thiophene rings is 1. The lowest BCUT2D eigenvalue weighted by Gasteiger charge is -2.27. The second-order valence-corrected chi connectivity index (χ2v) is 7.59. The Morgan fingerprint density at radius 1 is 1.04 bits per heavy atom. The molecule has 2 fully saturated rings. The Labute approximate surface area is 164 Å². The summed E-state index contributed by atoms with van der Waals surface area (Å²) in [5.41, 5.74) is 3.82. The molecule has 9 heteroatoms. The van der Waals surface area contributed by atoms with Crippen molar-refractivity contribution in [2.45, 2.75) is 31.7 Å². The number of hydrazine groups is 1. The fourth-order valence-corrected chi connectivity index (χ4v) is 3.58. The number of anilines is 2. The molecule has 4 rings (SSSR count). The number of hydrogen-bond donors (Lipinski definition) is 3. The van der Waals surface area contributed by atoms with Gasteiger partial charge in [0.15, 0.2) is 0 Å². The van der Waals surface area contributed by atoms with Crippen molar-refractivity contribution in [2.75, 3.05) is 10.3 Å². The molecule has 8 nitrogen and oxygen atoms in total. The third-order valence-electron chi connectivity index (χ3n) is 4.49. The van der Waals surface area contributed by atoms with E-state index in [4.69, 9.17) is 0 Å². The van der Waals surface area contributed by atoms with Gasteiger partial charge in [0, 0.05) is 24.4 Å². The minimum absolute atomic E-state index is 0.151. The van der Waals surface area contributed by atoms with Crippen molar-refractivity contribution < 1.29 is 19.2 Å². The smallest absolute Gasteiger partial charge is 0.256 e. The molecule has 1 aromatic carbocycles. The van der Waals surface area contributed by atoms with Crippen LogP contribution in [-0.4, -0.2) is 29.7 Å². The minimum Gasteiger partial charge on any atom is -0.349 e. The molecule has 1 saturated heterocycles. The van der Waals surface area contributed by atoms with Gasteiger partial charge in [-0.3, -0.25) is 24.6 Å². The number of amides is 4. The average Bonchev–Trinajstić information content (AvgIpc) is 3.38. The summed E-state index contributed by atoms with van der Waals surface area (Å²) in [6, 6.07) is 8.24. The third-order valence-corrected chi connectivity index (χ3v) is 5.32. The highest BCUT2D eigenvalue weighted by Gasteiger charge is 2.26. The van der Waals surface area contributed by atoms with Gasteiger partial charge in [-0.1, -0.05) is 0 Å². The molecule has 1 saturated carbocycles. The van der Waals surface area contributed by atoms with Crippen LogP contribution in [0.25, 0.3) is 0 Å². The summed E-state index contributed by atoms with van der Waals surface area (Å²) in [6.45, 7) is 0. The minimum atomic E-state index is -0.358. The van der Waals surface area contributed by atoms with E-state index in [9.17, 15) is 19.2 Å². The summed E-state index contributed by atoms with van der Waals surface area (Å²) in [5.74, 6) is -0.977. The SMILES string of the molecule is O=C1CCC(=O)N(c2ccc(C(=O)Nc3sccc3C(=O)NC3CC3)cc2)N1.